The van der Waals surface area contributed by atoms with Crippen LogP contribution in [0.15, 0.2) is 0 Å². The van der Waals surface area contributed by atoms with Gasteiger partial charge in [-0.2, -0.15) is 0 Å². The van der Waals surface area contributed by atoms with E-state index in [0.717, 1.165) is 12.6 Å². The van der Waals surface area contributed by atoms with Crippen LogP contribution in [0.2, 0.25) is 0 Å². The van der Waals surface area contributed by atoms with E-state index in [-0.39, 0.29) is 0 Å². The van der Waals surface area contributed by atoms with Crippen molar-refractivity contribution < 1.29 is 0 Å². The minimum atomic E-state index is 0.692. The Bertz CT molecular complexity index is 143. The summed E-state index contributed by atoms with van der Waals surface area (Å²) in [6.45, 7) is 7.94. The fraction of sp³-hybridized carbons (Fsp3) is 1.00. The number of hydrogen-bond acceptors (Lipinski definition) is 2. The Balaban J connectivity index is 2.14. The molecule has 0 aromatic carbocycles. The monoisotopic (exact) mass is 198 g/mol. The van der Waals surface area contributed by atoms with Crippen molar-refractivity contribution in [3.8, 4) is 0 Å². The van der Waals surface area contributed by atoms with Gasteiger partial charge in [-0.15, -0.1) is 0 Å². The molecule has 1 unspecified atom stereocenters. The van der Waals surface area contributed by atoms with Crippen LogP contribution in [-0.2, 0) is 0 Å². The van der Waals surface area contributed by atoms with Crippen LogP contribution in [0.3, 0.4) is 0 Å². The second kappa shape index (κ2) is 6.41. The zero-order chi connectivity index (χ0) is 10.4. The summed E-state index contributed by atoms with van der Waals surface area (Å²) in [7, 11) is 0. The van der Waals surface area contributed by atoms with E-state index < -0.39 is 0 Å². The van der Waals surface area contributed by atoms with Gasteiger partial charge in [0.1, 0.15) is 0 Å². The second-order valence-corrected chi connectivity index (χ2v) is 4.75. The smallest absolute Gasteiger partial charge is 0.00964 e. The van der Waals surface area contributed by atoms with Crippen molar-refractivity contribution in [1.82, 2.24) is 4.90 Å². The van der Waals surface area contributed by atoms with Gasteiger partial charge in [-0.3, -0.25) is 0 Å². The Hall–Kier alpha value is -0.0800. The molecule has 0 heterocycles. The molecule has 1 aliphatic rings. The second-order valence-electron chi connectivity index (χ2n) is 4.75. The molecule has 0 aromatic rings. The maximum Gasteiger partial charge on any atom is 0.00964 e. The molecule has 0 amide bonds. The van der Waals surface area contributed by atoms with Gasteiger partial charge in [-0.25, -0.2) is 0 Å². The van der Waals surface area contributed by atoms with Gasteiger partial charge in [0, 0.05) is 6.04 Å². The molecule has 0 bridgehead atoms. The van der Waals surface area contributed by atoms with Crippen molar-refractivity contribution >= 4 is 0 Å². The highest BCUT2D eigenvalue weighted by Gasteiger charge is 2.28. The summed E-state index contributed by atoms with van der Waals surface area (Å²) in [4.78, 5) is 2.68. The average Bonchev–Trinajstić information content (AvgIpc) is 3.01. The van der Waals surface area contributed by atoms with Crippen LogP contribution in [0.1, 0.15) is 46.0 Å². The first kappa shape index (κ1) is 12.0. The molecule has 0 saturated heterocycles. The lowest BCUT2D eigenvalue weighted by atomic mass is 10.1. The van der Waals surface area contributed by atoms with Gasteiger partial charge in [0.2, 0.25) is 0 Å². The van der Waals surface area contributed by atoms with E-state index in [1.807, 2.05) is 0 Å². The molecular weight excluding hydrogens is 172 g/mol. The summed E-state index contributed by atoms with van der Waals surface area (Å²) in [6.07, 6.45) is 6.81. The maximum absolute atomic E-state index is 5.63. The third kappa shape index (κ3) is 4.43. The van der Waals surface area contributed by atoms with E-state index in [2.05, 4.69) is 18.7 Å². The van der Waals surface area contributed by atoms with E-state index in [4.69, 9.17) is 5.73 Å². The van der Waals surface area contributed by atoms with Crippen LogP contribution in [0.25, 0.3) is 0 Å². The lowest BCUT2D eigenvalue weighted by Gasteiger charge is -2.23. The minimum Gasteiger partial charge on any atom is -0.330 e. The van der Waals surface area contributed by atoms with E-state index in [9.17, 15) is 0 Å². The Morgan fingerprint density at radius 3 is 2.57 bits per heavy atom. The minimum absolute atomic E-state index is 0.692. The number of nitrogens with zero attached hydrogens (tertiary/aromatic N) is 1. The van der Waals surface area contributed by atoms with Crippen LogP contribution in [0.5, 0.6) is 0 Å². The predicted molar refractivity (Wildman–Crippen MR) is 62.3 cm³/mol. The molecule has 1 fully saturated rings. The van der Waals surface area contributed by atoms with Crippen molar-refractivity contribution in [3.05, 3.63) is 0 Å². The lowest BCUT2D eigenvalue weighted by Crippen LogP contribution is -2.30. The van der Waals surface area contributed by atoms with Gasteiger partial charge >= 0.3 is 0 Å². The predicted octanol–water partition coefficient (Wildman–Crippen LogP) is 2.24. The van der Waals surface area contributed by atoms with Gasteiger partial charge in [-0.05, 0) is 51.2 Å². The van der Waals surface area contributed by atoms with Crippen molar-refractivity contribution in [2.75, 3.05) is 19.6 Å². The van der Waals surface area contributed by atoms with Crippen LogP contribution in [-0.4, -0.2) is 30.6 Å². The van der Waals surface area contributed by atoms with Gasteiger partial charge in [-0.1, -0.05) is 20.3 Å². The van der Waals surface area contributed by atoms with Gasteiger partial charge < -0.3 is 10.6 Å². The highest BCUT2D eigenvalue weighted by Crippen LogP contribution is 2.27. The fourth-order valence-electron chi connectivity index (χ4n) is 1.78. The summed E-state index contributed by atoms with van der Waals surface area (Å²) < 4.78 is 0. The van der Waals surface area contributed by atoms with E-state index >= 15 is 0 Å². The molecule has 0 aromatic heterocycles. The van der Waals surface area contributed by atoms with Crippen LogP contribution >= 0.6 is 0 Å². The van der Waals surface area contributed by atoms with Crippen LogP contribution < -0.4 is 5.73 Å². The summed E-state index contributed by atoms with van der Waals surface area (Å²) in [5.41, 5.74) is 5.63. The highest BCUT2D eigenvalue weighted by atomic mass is 15.2. The number of nitrogens with two attached hydrogens (primary N) is 1. The molecule has 2 N–H and O–H groups in total. The fourth-order valence-corrected chi connectivity index (χ4v) is 1.78. The molecule has 1 saturated carbocycles. The van der Waals surface area contributed by atoms with Crippen LogP contribution in [0.4, 0.5) is 0 Å². The Labute approximate surface area is 88.8 Å². The van der Waals surface area contributed by atoms with Gasteiger partial charge in [0.05, 0.1) is 0 Å². The molecule has 0 aliphatic heterocycles. The van der Waals surface area contributed by atoms with Crippen molar-refractivity contribution in [2.24, 2.45) is 11.7 Å². The standard InChI is InChI=1S/C12H26N2/c1-3-4-8-14(12-5-6-12)9-7-11(2)10-13/h11-12H,3-10,13H2,1-2H3. The largest absolute Gasteiger partial charge is 0.330 e. The molecule has 0 spiro atoms. The van der Waals surface area contributed by atoms with E-state index in [1.54, 1.807) is 0 Å². The summed E-state index contributed by atoms with van der Waals surface area (Å²) in [6, 6.07) is 0.923. The highest BCUT2D eigenvalue weighted by molar-refractivity contribution is 4.84. The molecule has 0 radical (unpaired) electrons. The Morgan fingerprint density at radius 1 is 1.36 bits per heavy atom. The van der Waals surface area contributed by atoms with Crippen LogP contribution in [0, 0.1) is 5.92 Å². The molecule has 2 nitrogen and oxygen atoms in total. The topological polar surface area (TPSA) is 29.3 Å². The molecular formula is C12H26N2. The van der Waals surface area contributed by atoms with Crippen molar-refractivity contribution in [2.45, 2.75) is 52.0 Å². The third-order valence-electron chi connectivity index (χ3n) is 3.17. The number of unbranched alkanes of at least 4 members (excludes halogenated alkanes) is 1. The van der Waals surface area contributed by atoms with E-state index in [0.29, 0.717) is 5.92 Å². The Kier molecular flexibility index (Phi) is 5.49. The normalized spacial score (nSPS) is 18.9. The molecule has 1 aliphatic carbocycles. The first-order valence-corrected chi connectivity index (χ1v) is 6.22. The average molecular weight is 198 g/mol. The summed E-state index contributed by atoms with van der Waals surface area (Å²) in [5.74, 6) is 0.692. The molecule has 2 heteroatoms. The summed E-state index contributed by atoms with van der Waals surface area (Å²) >= 11 is 0. The first-order valence-electron chi connectivity index (χ1n) is 6.22. The molecule has 84 valence electrons. The quantitative estimate of drug-likeness (QED) is 0.648. The van der Waals surface area contributed by atoms with E-state index in [1.165, 1.54) is 45.2 Å². The maximum atomic E-state index is 5.63. The van der Waals surface area contributed by atoms with Crippen molar-refractivity contribution in [1.29, 1.82) is 0 Å². The SMILES string of the molecule is CCCCN(CCC(C)CN)C1CC1. The van der Waals surface area contributed by atoms with Gasteiger partial charge in [0.15, 0.2) is 0 Å². The molecule has 14 heavy (non-hydrogen) atoms. The van der Waals surface area contributed by atoms with Gasteiger partial charge in [0.25, 0.3) is 0 Å². The van der Waals surface area contributed by atoms with Crippen molar-refractivity contribution in [3.63, 3.8) is 0 Å². The number of rotatable bonds is 8. The first-order chi connectivity index (χ1) is 6.77. The molecule has 1 atom stereocenters. The zero-order valence-corrected chi connectivity index (χ0v) is 9.84. The lowest BCUT2D eigenvalue weighted by molar-refractivity contribution is 0.242. The number of hydrogen-bond donors (Lipinski definition) is 1. The molecule has 1 rings (SSSR count). The Morgan fingerprint density at radius 2 is 2.07 bits per heavy atom. The zero-order valence-electron chi connectivity index (χ0n) is 9.84. The summed E-state index contributed by atoms with van der Waals surface area (Å²) in [5, 5.41) is 0. The third-order valence-corrected chi connectivity index (χ3v) is 3.17.